The fourth-order valence-corrected chi connectivity index (χ4v) is 2.34. The van der Waals surface area contributed by atoms with Crippen LogP contribution in [0.25, 0.3) is 0 Å². The van der Waals surface area contributed by atoms with E-state index >= 15 is 0 Å². The van der Waals surface area contributed by atoms with Gasteiger partial charge in [0.1, 0.15) is 0 Å². The molecule has 0 spiro atoms. The summed E-state index contributed by atoms with van der Waals surface area (Å²) in [5, 5.41) is 4.95. The Bertz CT molecular complexity index is 356. The minimum absolute atomic E-state index is 0.0506. The Balaban J connectivity index is 2.56. The summed E-state index contributed by atoms with van der Waals surface area (Å²) in [4.78, 5) is 13.1. The Morgan fingerprint density at radius 2 is 2.12 bits per heavy atom. The van der Waals surface area contributed by atoms with E-state index in [1.165, 1.54) is 10.4 Å². The van der Waals surface area contributed by atoms with E-state index in [4.69, 9.17) is 5.73 Å². The van der Waals surface area contributed by atoms with Crippen LogP contribution in [0.15, 0.2) is 11.4 Å². The van der Waals surface area contributed by atoms with Crippen molar-refractivity contribution >= 4 is 17.2 Å². The molecule has 90 valence electrons. The van der Waals surface area contributed by atoms with Crippen LogP contribution >= 0.6 is 11.3 Å². The molecule has 1 amide bonds. The molecular formula is C12H20N2OS. The number of nitrogens with two attached hydrogens (primary N) is 1. The van der Waals surface area contributed by atoms with Crippen LogP contribution in [0.5, 0.6) is 0 Å². The first-order valence-corrected chi connectivity index (χ1v) is 6.51. The Kier molecular flexibility index (Phi) is 4.50. The summed E-state index contributed by atoms with van der Waals surface area (Å²) in [5.74, 6) is -0.0506. The second-order valence-electron chi connectivity index (χ2n) is 4.07. The quantitative estimate of drug-likeness (QED) is 0.829. The third kappa shape index (κ3) is 2.83. The summed E-state index contributed by atoms with van der Waals surface area (Å²) in [6, 6.07) is 2.06. The summed E-state index contributed by atoms with van der Waals surface area (Å²) in [5.41, 5.74) is 6.51. The van der Waals surface area contributed by atoms with E-state index < -0.39 is 5.54 Å². The van der Waals surface area contributed by atoms with Crippen LogP contribution in [0.3, 0.4) is 0 Å². The van der Waals surface area contributed by atoms with Crippen LogP contribution in [0, 0.1) is 6.92 Å². The Labute approximate surface area is 101 Å². The van der Waals surface area contributed by atoms with E-state index in [2.05, 4.69) is 11.4 Å². The van der Waals surface area contributed by atoms with Crippen LogP contribution in [-0.2, 0) is 11.3 Å². The first-order chi connectivity index (χ1) is 7.53. The normalized spacial score (nSPS) is 11.5. The molecule has 0 aliphatic heterocycles. The highest BCUT2D eigenvalue weighted by atomic mass is 32.1. The zero-order valence-electron chi connectivity index (χ0n) is 10.2. The lowest BCUT2D eigenvalue weighted by Gasteiger charge is -2.25. The number of carbonyl (C=O) groups is 1. The molecule has 0 bridgehead atoms. The van der Waals surface area contributed by atoms with Crippen LogP contribution in [0.4, 0.5) is 0 Å². The van der Waals surface area contributed by atoms with Gasteiger partial charge in [0.25, 0.3) is 0 Å². The number of hydrogen-bond donors (Lipinski definition) is 2. The van der Waals surface area contributed by atoms with Gasteiger partial charge in [-0.15, -0.1) is 11.3 Å². The van der Waals surface area contributed by atoms with Crippen LogP contribution in [0.2, 0.25) is 0 Å². The van der Waals surface area contributed by atoms with Gasteiger partial charge in [-0.3, -0.25) is 4.79 Å². The predicted molar refractivity (Wildman–Crippen MR) is 68.4 cm³/mol. The smallest absolute Gasteiger partial charge is 0.240 e. The van der Waals surface area contributed by atoms with Crippen molar-refractivity contribution in [1.29, 1.82) is 0 Å². The lowest BCUT2D eigenvalue weighted by atomic mass is 9.93. The summed E-state index contributed by atoms with van der Waals surface area (Å²) in [6.07, 6.45) is 1.33. The lowest BCUT2D eigenvalue weighted by molar-refractivity contribution is -0.126. The number of amides is 1. The monoisotopic (exact) mass is 240 g/mol. The van der Waals surface area contributed by atoms with Gasteiger partial charge in [0.05, 0.1) is 12.1 Å². The average molecular weight is 240 g/mol. The second-order valence-corrected chi connectivity index (χ2v) is 5.07. The van der Waals surface area contributed by atoms with Gasteiger partial charge < -0.3 is 11.1 Å². The molecule has 0 fully saturated rings. The molecule has 1 rings (SSSR count). The fraction of sp³-hybridized carbons (Fsp3) is 0.583. The van der Waals surface area contributed by atoms with E-state index in [0.29, 0.717) is 19.4 Å². The molecule has 16 heavy (non-hydrogen) atoms. The number of aryl methyl sites for hydroxylation is 1. The number of carbonyl (C=O) groups excluding carboxylic acids is 1. The molecule has 0 saturated carbocycles. The van der Waals surface area contributed by atoms with Crippen molar-refractivity contribution in [1.82, 2.24) is 5.32 Å². The third-order valence-corrected chi connectivity index (χ3v) is 4.11. The van der Waals surface area contributed by atoms with Crippen molar-refractivity contribution in [3.63, 3.8) is 0 Å². The molecule has 0 aliphatic rings. The molecule has 0 atom stereocenters. The SMILES string of the molecule is CCC(N)(CC)C(=O)NCc1sccc1C. The Hall–Kier alpha value is -0.870. The van der Waals surface area contributed by atoms with Crippen LogP contribution < -0.4 is 11.1 Å². The molecule has 0 saturated heterocycles. The topological polar surface area (TPSA) is 55.1 Å². The molecule has 0 aliphatic carbocycles. The fourth-order valence-electron chi connectivity index (χ4n) is 1.49. The maximum Gasteiger partial charge on any atom is 0.240 e. The highest BCUT2D eigenvalue weighted by Crippen LogP contribution is 2.16. The average Bonchev–Trinajstić information content (AvgIpc) is 2.70. The first-order valence-electron chi connectivity index (χ1n) is 5.63. The molecule has 1 aromatic rings. The second kappa shape index (κ2) is 5.46. The van der Waals surface area contributed by atoms with Gasteiger partial charge in [-0.1, -0.05) is 13.8 Å². The minimum atomic E-state index is -0.717. The van der Waals surface area contributed by atoms with Gasteiger partial charge in [-0.25, -0.2) is 0 Å². The molecule has 1 heterocycles. The molecule has 3 N–H and O–H groups in total. The molecule has 4 heteroatoms. The van der Waals surface area contributed by atoms with Crippen LogP contribution in [-0.4, -0.2) is 11.4 Å². The predicted octanol–water partition coefficient (Wildman–Crippen LogP) is 2.19. The third-order valence-electron chi connectivity index (χ3n) is 3.09. The minimum Gasteiger partial charge on any atom is -0.350 e. The Morgan fingerprint density at radius 1 is 1.50 bits per heavy atom. The first kappa shape index (κ1) is 13.2. The summed E-state index contributed by atoms with van der Waals surface area (Å²) < 4.78 is 0. The van der Waals surface area contributed by atoms with Gasteiger partial charge in [-0.2, -0.15) is 0 Å². The van der Waals surface area contributed by atoms with Crippen molar-refractivity contribution in [3.05, 3.63) is 21.9 Å². The van der Waals surface area contributed by atoms with Gasteiger partial charge in [-0.05, 0) is 36.8 Å². The van der Waals surface area contributed by atoms with E-state index in [1.54, 1.807) is 11.3 Å². The van der Waals surface area contributed by atoms with E-state index in [1.807, 2.05) is 26.2 Å². The summed E-state index contributed by atoms with van der Waals surface area (Å²) in [6.45, 7) is 6.52. The van der Waals surface area contributed by atoms with Crippen molar-refractivity contribution in [2.45, 2.75) is 45.7 Å². The lowest BCUT2D eigenvalue weighted by Crippen LogP contribution is -2.52. The molecule has 3 nitrogen and oxygen atoms in total. The van der Waals surface area contributed by atoms with Gasteiger partial charge >= 0.3 is 0 Å². The summed E-state index contributed by atoms with van der Waals surface area (Å²) >= 11 is 1.66. The number of nitrogens with one attached hydrogen (secondary N) is 1. The van der Waals surface area contributed by atoms with Crippen molar-refractivity contribution < 1.29 is 4.79 Å². The largest absolute Gasteiger partial charge is 0.350 e. The highest BCUT2D eigenvalue weighted by molar-refractivity contribution is 7.10. The van der Waals surface area contributed by atoms with E-state index in [9.17, 15) is 4.79 Å². The van der Waals surface area contributed by atoms with E-state index in [0.717, 1.165) is 0 Å². The number of hydrogen-bond acceptors (Lipinski definition) is 3. The van der Waals surface area contributed by atoms with Gasteiger partial charge in [0, 0.05) is 4.88 Å². The number of thiophene rings is 1. The zero-order chi connectivity index (χ0) is 12.2. The maximum atomic E-state index is 11.9. The standard InChI is InChI=1S/C12H20N2OS/c1-4-12(13,5-2)11(15)14-8-10-9(3)6-7-16-10/h6-7H,4-5,8,13H2,1-3H3,(H,14,15). The molecule has 0 radical (unpaired) electrons. The highest BCUT2D eigenvalue weighted by Gasteiger charge is 2.29. The summed E-state index contributed by atoms with van der Waals surface area (Å²) in [7, 11) is 0. The van der Waals surface area contributed by atoms with Crippen molar-refractivity contribution in [3.8, 4) is 0 Å². The molecule has 0 unspecified atom stereocenters. The molecular weight excluding hydrogens is 220 g/mol. The Morgan fingerprint density at radius 3 is 2.56 bits per heavy atom. The van der Waals surface area contributed by atoms with Crippen LogP contribution in [0.1, 0.15) is 37.1 Å². The van der Waals surface area contributed by atoms with Crippen molar-refractivity contribution in [2.24, 2.45) is 5.73 Å². The molecule has 0 aromatic carbocycles. The van der Waals surface area contributed by atoms with Gasteiger partial charge in [0.15, 0.2) is 0 Å². The number of rotatable bonds is 5. The molecule has 1 aromatic heterocycles. The van der Waals surface area contributed by atoms with E-state index in [-0.39, 0.29) is 5.91 Å². The maximum absolute atomic E-state index is 11.9. The van der Waals surface area contributed by atoms with Crippen molar-refractivity contribution in [2.75, 3.05) is 0 Å². The van der Waals surface area contributed by atoms with Gasteiger partial charge in [0.2, 0.25) is 5.91 Å². The zero-order valence-corrected chi connectivity index (χ0v) is 11.0.